The third-order valence-corrected chi connectivity index (χ3v) is 8.50. The van der Waals surface area contributed by atoms with Gasteiger partial charge in [0.2, 0.25) is 0 Å². The number of aromatic hydroxyl groups is 1. The molecule has 4 aromatic rings. The fourth-order valence-electron chi connectivity index (χ4n) is 6.50. The first-order valence-corrected chi connectivity index (χ1v) is 13.8. The van der Waals surface area contributed by atoms with Crippen LogP contribution in [0.4, 0.5) is 5.82 Å². The summed E-state index contributed by atoms with van der Waals surface area (Å²) in [5, 5.41) is 16.9. The summed E-state index contributed by atoms with van der Waals surface area (Å²) in [6.45, 7) is 3.44. The Morgan fingerprint density at radius 3 is 2.69 bits per heavy atom. The van der Waals surface area contributed by atoms with E-state index in [1.807, 2.05) is 30.3 Å². The number of terminal acetylenes is 1. The van der Waals surface area contributed by atoms with E-state index >= 15 is 0 Å². The van der Waals surface area contributed by atoms with E-state index in [1.54, 1.807) is 12.1 Å². The van der Waals surface area contributed by atoms with Crippen molar-refractivity contribution >= 4 is 27.6 Å². The van der Waals surface area contributed by atoms with Crippen LogP contribution in [0, 0.1) is 12.3 Å². The maximum absolute atomic E-state index is 10.5. The number of rotatable bonds is 5. The Hall–Kier alpha value is -3.93. The third kappa shape index (κ3) is 4.42. The smallest absolute Gasteiger partial charge is 0.320 e. The van der Waals surface area contributed by atoms with Crippen LogP contribution >= 0.6 is 0 Å². The van der Waals surface area contributed by atoms with Crippen molar-refractivity contribution in [2.45, 2.75) is 43.8 Å². The van der Waals surface area contributed by atoms with E-state index in [0.717, 1.165) is 59.2 Å². The van der Waals surface area contributed by atoms with E-state index in [1.165, 1.54) is 19.3 Å². The largest absolute Gasteiger partial charge is 0.508 e. The summed E-state index contributed by atoms with van der Waals surface area (Å²) in [5.74, 6) is 3.82. The summed E-state index contributed by atoms with van der Waals surface area (Å²) in [6, 6.07) is 14.9. The minimum Gasteiger partial charge on any atom is -0.508 e. The van der Waals surface area contributed by atoms with Crippen LogP contribution in [0.1, 0.15) is 31.2 Å². The highest BCUT2D eigenvalue weighted by molar-refractivity contribution is 6.02. The minimum absolute atomic E-state index is 0.165. The van der Waals surface area contributed by atoms with Gasteiger partial charge in [-0.25, -0.2) is 4.98 Å². The molecule has 3 unspecified atom stereocenters. The molecule has 0 radical (unpaired) electrons. The molecule has 7 rings (SSSR count). The highest BCUT2D eigenvalue weighted by Gasteiger charge is 2.34. The third-order valence-electron chi connectivity index (χ3n) is 8.50. The van der Waals surface area contributed by atoms with Gasteiger partial charge in [0, 0.05) is 47.7 Å². The molecule has 2 aromatic carbocycles. The average molecular weight is 521 g/mol. The summed E-state index contributed by atoms with van der Waals surface area (Å²) in [6.07, 6.45) is 10.5. The minimum atomic E-state index is 0.165. The molecule has 3 atom stereocenters. The fourth-order valence-corrected chi connectivity index (χ4v) is 6.50. The van der Waals surface area contributed by atoms with Gasteiger partial charge in [0.1, 0.15) is 18.2 Å². The van der Waals surface area contributed by atoms with E-state index in [9.17, 15) is 5.11 Å². The van der Waals surface area contributed by atoms with Crippen molar-refractivity contribution in [3.63, 3.8) is 0 Å². The number of ether oxygens (including phenoxy) is 1. The van der Waals surface area contributed by atoms with Crippen molar-refractivity contribution in [1.82, 2.24) is 25.2 Å². The summed E-state index contributed by atoms with van der Waals surface area (Å²) in [5.41, 5.74) is 2.80. The molecule has 0 spiro atoms. The number of benzene rings is 2. The van der Waals surface area contributed by atoms with Gasteiger partial charge in [0.05, 0.1) is 11.1 Å². The Balaban J connectivity index is 1.34. The van der Waals surface area contributed by atoms with Crippen molar-refractivity contribution < 1.29 is 9.84 Å². The number of aromatic nitrogens is 3. The summed E-state index contributed by atoms with van der Waals surface area (Å²) in [4.78, 5) is 19.4. The van der Waals surface area contributed by atoms with Gasteiger partial charge in [-0.05, 0) is 75.0 Å². The van der Waals surface area contributed by atoms with E-state index in [0.29, 0.717) is 42.1 Å². The van der Waals surface area contributed by atoms with Gasteiger partial charge in [-0.15, -0.1) is 6.42 Å². The number of nitrogens with one attached hydrogen (secondary N) is 1. The number of hydrogen-bond donors (Lipinski definition) is 2. The fraction of sp³-hybridized carbons (Fsp3) is 0.387. The predicted molar refractivity (Wildman–Crippen MR) is 153 cm³/mol. The molecule has 198 valence electrons. The van der Waals surface area contributed by atoms with Crippen LogP contribution in [0.25, 0.3) is 33.1 Å². The lowest BCUT2D eigenvalue weighted by atomic mass is 9.96. The maximum atomic E-state index is 10.5. The molecule has 2 aromatic heterocycles. The van der Waals surface area contributed by atoms with Crippen molar-refractivity contribution in [2.24, 2.45) is 0 Å². The monoisotopic (exact) mass is 520 g/mol. The van der Waals surface area contributed by atoms with Crippen LogP contribution < -0.4 is 15.0 Å². The average Bonchev–Trinajstić information content (AvgIpc) is 3.52. The van der Waals surface area contributed by atoms with Gasteiger partial charge in [0.15, 0.2) is 5.65 Å². The molecule has 5 heterocycles. The van der Waals surface area contributed by atoms with Gasteiger partial charge in [-0.1, -0.05) is 18.1 Å². The lowest BCUT2D eigenvalue weighted by Crippen LogP contribution is -2.51. The molecule has 0 saturated carbocycles. The number of fused-ring (bicyclic) bond motifs is 4. The second kappa shape index (κ2) is 9.67. The second-order valence-electron chi connectivity index (χ2n) is 11.1. The zero-order chi connectivity index (χ0) is 26.5. The number of hydrogen-bond acceptors (Lipinski definition) is 8. The van der Waals surface area contributed by atoms with Crippen LogP contribution in [-0.4, -0.2) is 76.4 Å². The van der Waals surface area contributed by atoms with Gasteiger partial charge in [-0.3, -0.25) is 0 Å². The lowest BCUT2D eigenvalue weighted by Gasteiger charge is -2.34. The normalized spacial score (nSPS) is 23.0. The number of phenols is 1. The van der Waals surface area contributed by atoms with Crippen molar-refractivity contribution in [3.8, 4) is 35.4 Å². The van der Waals surface area contributed by atoms with E-state index in [-0.39, 0.29) is 5.75 Å². The van der Waals surface area contributed by atoms with Crippen LogP contribution in [0.5, 0.6) is 11.8 Å². The summed E-state index contributed by atoms with van der Waals surface area (Å²) < 4.78 is 6.23. The van der Waals surface area contributed by atoms with Gasteiger partial charge in [-0.2, -0.15) is 9.97 Å². The number of pyridine rings is 1. The van der Waals surface area contributed by atoms with Crippen molar-refractivity contribution in [1.29, 1.82) is 0 Å². The Bertz CT molecular complexity index is 1600. The Morgan fingerprint density at radius 2 is 1.92 bits per heavy atom. The molecule has 39 heavy (non-hydrogen) atoms. The van der Waals surface area contributed by atoms with Crippen LogP contribution in [-0.2, 0) is 0 Å². The first-order valence-electron chi connectivity index (χ1n) is 13.8. The molecule has 3 fully saturated rings. The molecule has 2 N–H and O–H groups in total. The molecule has 8 nitrogen and oxygen atoms in total. The van der Waals surface area contributed by atoms with Crippen LogP contribution in [0.3, 0.4) is 0 Å². The first kappa shape index (κ1) is 24.1. The molecule has 8 heteroatoms. The Labute approximate surface area is 228 Å². The van der Waals surface area contributed by atoms with Crippen LogP contribution in [0.2, 0.25) is 0 Å². The lowest BCUT2D eigenvalue weighted by molar-refractivity contribution is 0.188. The molecule has 3 saturated heterocycles. The second-order valence-corrected chi connectivity index (χ2v) is 11.1. The molecular formula is C31H32N6O2. The molecule has 3 aliphatic rings. The SMILES string of the molecule is C#Cc1cccc2cc(O)cc(-c3ccc4c(N5CC6CCC(C5)N6)nc(OCC5CCCN5C)nc4n3)c12. The van der Waals surface area contributed by atoms with E-state index < -0.39 is 0 Å². The number of likely N-dealkylation sites (tertiary alicyclic amines) is 1. The standard InChI is InChI=1S/C31H32N6O2/c1-3-19-6-4-7-20-14-24(38)15-26(28(19)20)27-12-11-25-29(33-27)34-31(39-18-23-8-5-13-36(23)2)35-30(25)37-16-21-9-10-22(17-37)32-21/h1,4,6-7,11-12,14-15,21-23,32,38H,5,8-10,13,16-18H2,2H3. The van der Waals surface area contributed by atoms with Gasteiger partial charge < -0.3 is 25.0 Å². The van der Waals surface area contributed by atoms with Gasteiger partial charge >= 0.3 is 6.01 Å². The molecule has 2 bridgehead atoms. The topological polar surface area (TPSA) is 86.6 Å². The quantitative estimate of drug-likeness (QED) is 0.383. The van der Waals surface area contributed by atoms with E-state index in [2.05, 4.69) is 28.1 Å². The molecular weight excluding hydrogens is 488 g/mol. The predicted octanol–water partition coefficient (Wildman–Crippen LogP) is 3.95. The number of piperazine rings is 1. The highest BCUT2D eigenvalue weighted by atomic mass is 16.5. The van der Waals surface area contributed by atoms with E-state index in [4.69, 9.17) is 26.1 Å². The molecule has 3 aliphatic heterocycles. The summed E-state index contributed by atoms with van der Waals surface area (Å²) >= 11 is 0. The molecule has 0 aliphatic carbocycles. The Morgan fingerprint density at radius 1 is 1.08 bits per heavy atom. The maximum Gasteiger partial charge on any atom is 0.320 e. The number of nitrogens with zero attached hydrogens (tertiary/aromatic N) is 5. The molecule has 0 amide bonds. The summed E-state index contributed by atoms with van der Waals surface area (Å²) in [7, 11) is 2.14. The van der Waals surface area contributed by atoms with Crippen molar-refractivity contribution in [3.05, 3.63) is 48.0 Å². The number of likely N-dealkylation sites (N-methyl/N-ethyl adjacent to an activating group) is 1. The van der Waals surface area contributed by atoms with Gasteiger partial charge in [0.25, 0.3) is 0 Å². The van der Waals surface area contributed by atoms with Crippen LogP contribution in [0.15, 0.2) is 42.5 Å². The zero-order valence-corrected chi connectivity index (χ0v) is 22.1. The zero-order valence-electron chi connectivity index (χ0n) is 22.1. The number of anilines is 1. The van der Waals surface area contributed by atoms with Crippen molar-refractivity contribution in [2.75, 3.05) is 38.2 Å². The number of phenolic OH excluding ortho intramolecular Hbond substituents is 1. The first-order chi connectivity index (χ1) is 19.1. The Kier molecular flexibility index (Phi) is 5.98. The highest BCUT2D eigenvalue weighted by Crippen LogP contribution is 2.36.